The van der Waals surface area contributed by atoms with Crippen molar-refractivity contribution in [3.05, 3.63) is 90.9 Å². The molecule has 0 atom stereocenters. The van der Waals surface area contributed by atoms with E-state index in [1.54, 1.807) is 49.1 Å². The Bertz CT molecular complexity index is 1340. The van der Waals surface area contributed by atoms with Crippen LogP contribution in [0.3, 0.4) is 0 Å². The average molecular weight is 473 g/mol. The number of carbonyl (C=O) groups is 1. The number of fused-ring (bicyclic) bond motifs is 1. The predicted molar refractivity (Wildman–Crippen MR) is 134 cm³/mol. The Morgan fingerprint density at radius 1 is 1.11 bits per heavy atom. The number of benzene rings is 1. The van der Waals surface area contributed by atoms with Crippen molar-refractivity contribution in [3.63, 3.8) is 0 Å². The summed E-state index contributed by atoms with van der Waals surface area (Å²) in [6.45, 7) is 0.825. The van der Waals surface area contributed by atoms with Crippen molar-refractivity contribution in [2.24, 2.45) is 0 Å². The third-order valence-electron chi connectivity index (χ3n) is 4.95. The minimum absolute atomic E-state index is 0.133. The fraction of sp³-hybridized carbons (Fsp3) is 0.154. The van der Waals surface area contributed by atoms with Crippen LogP contribution in [-0.4, -0.2) is 46.4 Å². The van der Waals surface area contributed by atoms with Crippen LogP contribution < -0.4 is 15.4 Å². The zero-order chi connectivity index (χ0) is 24.6. The normalized spacial score (nSPS) is 11.2. The van der Waals surface area contributed by atoms with Gasteiger partial charge in [0, 0.05) is 53.7 Å². The molecule has 0 saturated heterocycles. The summed E-state index contributed by atoms with van der Waals surface area (Å²) in [5.41, 5.74) is 1.88. The van der Waals surface area contributed by atoms with Gasteiger partial charge in [-0.1, -0.05) is 12.1 Å². The van der Waals surface area contributed by atoms with E-state index in [9.17, 15) is 9.18 Å². The highest BCUT2D eigenvalue weighted by Crippen LogP contribution is 2.29. The summed E-state index contributed by atoms with van der Waals surface area (Å²) >= 11 is 0. The van der Waals surface area contributed by atoms with Gasteiger partial charge in [0.2, 0.25) is 5.91 Å². The van der Waals surface area contributed by atoms with Crippen molar-refractivity contribution in [3.8, 4) is 5.75 Å². The number of hydrogen-bond acceptors (Lipinski definition) is 7. The molecule has 0 aliphatic heterocycles. The number of ether oxygens (including phenoxy) is 1. The molecule has 0 spiro atoms. The lowest BCUT2D eigenvalue weighted by Crippen LogP contribution is -2.13. The molecular formula is C26H25FN6O2. The number of rotatable bonds is 9. The molecule has 2 N–H and O–H groups in total. The molecule has 3 heterocycles. The topological polar surface area (TPSA) is 92.3 Å². The number of pyridine rings is 3. The molecule has 1 aromatic carbocycles. The number of nitrogens with one attached hydrogen (secondary N) is 2. The van der Waals surface area contributed by atoms with Crippen molar-refractivity contribution in [1.82, 2.24) is 19.9 Å². The Kier molecular flexibility index (Phi) is 7.59. The molecule has 0 aliphatic carbocycles. The number of aromatic nitrogens is 3. The van der Waals surface area contributed by atoms with Gasteiger partial charge in [0.1, 0.15) is 12.4 Å². The molecule has 8 nitrogen and oxygen atoms in total. The van der Waals surface area contributed by atoms with E-state index < -0.39 is 5.82 Å². The highest BCUT2D eigenvalue weighted by molar-refractivity contribution is 6.01. The molecule has 0 unspecified atom stereocenters. The Morgan fingerprint density at radius 2 is 2.00 bits per heavy atom. The number of halogens is 1. The van der Waals surface area contributed by atoms with Crippen molar-refractivity contribution < 1.29 is 13.9 Å². The quantitative estimate of drug-likeness (QED) is 0.346. The molecule has 0 aliphatic rings. The van der Waals surface area contributed by atoms with Crippen LogP contribution in [0.25, 0.3) is 10.8 Å². The molecule has 35 heavy (non-hydrogen) atoms. The first kappa shape index (κ1) is 23.8. The second-order valence-corrected chi connectivity index (χ2v) is 8.01. The summed E-state index contributed by atoms with van der Waals surface area (Å²) in [5, 5.41) is 7.49. The predicted octanol–water partition coefficient (Wildman–Crippen LogP) is 4.54. The Balaban J connectivity index is 1.48. The molecule has 0 saturated carbocycles. The van der Waals surface area contributed by atoms with Gasteiger partial charge in [0.05, 0.1) is 17.6 Å². The number of hydrogen-bond donors (Lipinski definition) is 2. The molecule has 178 valence electrons. The molecule has 1 amide bonds. The van der Waals surface area contributed by atoms with Crippen molar-refractivity contribution in [2.45, 2.75) is 6.61 Å². The SMILES string of the molecule is CN(C)C/C=C/C(=O)Nc1cc2c(Nc3ccc(OCc4ccccn4)c(F)c3)cncc2cn1. The van der Waals surface area contributed by atoms with Gasteiger partial charge in [-0.05, 0) is 44.4 Å². The molecule has 0 bridgehead atoms. The lowest BCUT2D eigenvalue weighted by atomic mass is 10.2. The molecule has 0 fully saturated rings. The zero-order valence-corrected chi connectivity index (χ0v) is 19.4. The van der Waals surface area contributed by atoms with E-state index >= 15 is 0 Å². The monoisotopic (exact) mass is 472 g/mol. The Labute approximate surface area is 202 Å². The van der Waals surface area contributed by atoms with Crippen LogP contribution in [-0.2, 0) is 11.4 Å². The maximum atomic E-state index is 14.7. The second-order valence-electron chi connectivity index (χ2n) is 8.01. The Morgan fingerprint density at radius 3 is 2.77 bits per heavy atom. The number of nitrogens with zero attached hydrogens (tertiary/aromatic N) is 4. The summed E-state index contributed by atoms with van der Waals surface area (Å²) < 4.78 is 20.2. The molecule has 4 aromatic rings. The average Bonchev–Trinajstić information content (AvgIpc) is 2.84. The fourth-order valence-electron chi connectivity index (χ4n) is 3.26. The van der Waals surface area contributed by atoms with Crippen molar-refractivity contribution in [1.29, 1.82) is 0 Å². The largest absolute Gasteiger partial charge is 0.484 e. The van der Waals surface area contributed by atoms with Gasteiger partial charge in [-0.15, -0.1) is 0 Å². The number of anilines is 3. The van der Waals surface area contributed by atoms with Crippen LogP contribution in [0, 0.1) is 5.82 Å². The van der Waals surface area contributed by atoms with Gasteiger partial charge in [-0.3, -0.25) is 14.8 Å². The summed E-state index contributed by atoms with van der Waals surface area (Å²) in [5.74, 6) is -0.242. The van der Waals surface area contributed by atoms with Crippen LogP contribution in [0.1, 0.15) is 5.69 Å². The lowest BCUT2D eigenvalue weighted by Gasteiger charge is -2.12. The highest BCUT2D eigenvalue weighted by atomic mass is 19.1. The molecule has 9 heteroatoms. The number of carbonyl (C=O) groups excluding carboxylic acids is 1. The molecular weight excluding hydrogens is 447 g/mol. The maximum Gasteiger partial charge on any atom is 0.249 e. The van der Waals surface area contributed by atoms with E-state index in [-0.39, 0.29) is 18.3 Å². The minimum Gasteiger partial charge on any atom is -0.484 e. The molecule has 0 radical (unpaired) electrons. The second kappa shape index (κ2) is 11.2. The smallest absolute Gasteiger partial charge is 0.249 e. The van der Waals surface area contributed by atoms with Gasteiger partial charge in [0.25, 0.3) is 0 Å². The summed E-state index contributed by atoms with van der Waals surface area (Å²) in [7, 11) is 3.84. The third-order valence-corrected chi connectivity index (χ3v) is 4.95. The number of amides is 1. The summed E-state index contributed by atoms with van der Waals surface area (Å²) in [4.78, 5) is 26.8. The van der Waals surface area contributed by atoms with E-state index in [0.29, 0.717) is 29.4 Å². The van der Waals surface area contributed by atoms with E-state index in [0.717, 1.165) is 10.8 Å². The van der Waals surface area contributed by atoms with E-state index in [2.05, 4.69) is 25.6 Å². The first-order valence-electron chi connectivity index (χ1n) is 10.9. The first-order chi connectivity index (χ1) is 17.0. The van der Waals surface area contributed by atoms with Crippen molar-refractivity contribution in [2.75, 3.05) is 31.3 Å². The van der Waals surface area contributed by atoms with Gasteiger partial charge in [-0.25, -0.2) is 9.37 Å². The van der Waals surface area contributed by atoms with Crippen LogP contribution in [0.15, 0.2) is 79.4 Å². The maximum absolute atomic E-state index is 14.7. The van der Waals surface area contributed by atoms with Gasteiger partial charge in [-0.2, -0.15) is 0 Å². The summed E-state index contributed by atoms with van der Waals surface area (Å²) in [6.07, 6.45) is 9.83. The van der Waals surface area contributed by atoms with Crippen LogP contribution in [0.4, 0.5) is 21.6 Å². The highest BCUT2D eigenvalue weighted by Gasteiger charge is 2.09. The summed E-state index contributed by atoms with van der Waals surface area (Å²) in [6, 6.07) is 11.9. The van der Waals surface area contributed by atoms with Crippen LogP contribution in [0.5, 0.6) is 5.75 Å². The van der Waals surface area contributed by atoms with Gasteiger partial charge in [0.15, 0.2) is 11.6 Å². The number of likely N-dealkylation sites (N-methyl/N-ethyl adjacent to an activating group) is 1. The zero-order valence-electron chi connectivity index (χ0n) is 19.4. The third kappa shape index (κ3) is 6.58. The van der Waals surface area contributed by atoms with Gasteiger partial charge >= 0.3 is 0 Å². The molecule has 3 aromatic heterocycles. The Hall–Kier alpha value is -4.37. The fourth-order valence-corrected chi connectivity index (χ4v) is 3.26. The van der Waals surface area contributed by atoms with Crippen molar-refractivity contribution >= 4 is 33.9 Å². The minimum atomic E-state index is -0.502. The van der Waals surface area contributed by atoms with E-state index in [1.165, 1.54) is 12.1 Å². The standard InChI is InChI=1S/C26H25FN6O2/c1-33(2)11-5-7-26(34)32-25-13-21-18(15-30-25)14-28-16-23(21)31-19-8-9-24(22(27)12-19)35-17-20-6-3-4-10-29-20/h3-10,12-16,31H,11,17H2,1-2H3,(H,30,32,34)/b7-5+. The van der Waals surface area contributed by atoms with E-state index in [1.807, 2.05) is 37.2 Å². The lowest BCUT2D eigenvalue weighted by molar-refractivity contribution is -0.111. The van der Waals surface area contributed by atoms with Crippen LogP contribution in [0.2, 0.25) is 0 Å². The molecule has 4 rings (SSSR count). The van der Waals surface area contributed by atoms with E-state index in [4.69, 9.17) is 4.74 Å². The van der Waals surface area contributed by atoms with Gasteiger partial charge < -0.3 is 20.3 Å². The first-order valence-corrected chi connectivity index (χ1v) is 10.9. The van der Waals surface area contributed by atoms with Crippen LogP contribution >= 0.6 is 0 Å².